The number of rotatable bonds is 29. The number of phosphoric acid groups is 1. The van der Waals surface area contributed by atoms with Gasteiger partial charge in [0.2, 0.25) is 5.82 Å². The quantitative estimate of drug-likeness (QED) is 0.0623. The van der Waals surface area contributed by atoms with E-state index in [1.807, 2.05) is 11.8 Å². The zero-order valence-corrected chi connectivity index (χ0v) is 34.4. The van der Waals surface area contributed by atoms with Crippen molar-refractivity contribution in [2.24, 2.45) is 0 Å². The number of hydrogen-bond acceptors (Lipinski definition) is 11. The fourth-order valence-corrected chi connectivity index (χ4v) is 7.90. The summed E-state index contributed by atoms with van der Waals surface area (Å²) in [5.74, 6) is -0.194. The number of nitrogens with one attached hydrogen (secondary N) is 1. The smallest absolute Gasteiger partial charge is 0.756 e. The Bertz CT molecular complexity index is 1200. The number of thioether (sulfide) groups is 1. The number of ether oxygens (including phenoxy) is 2. The van der Waals surface area contributed by atoms with E-state index < -0.39 is 56.0 Å². The topological polar surface area (TPSA) is 172 Å². The molecule has 0 aromatic carbocycles. The number of aromatic nitrogens is 2. The molecule has 0 amide bonds. The number of aromatic amines is 1. The Morgan fingerprint density at radius 1 is 0.920 bits per heavy atom. The number of halogens is 1. The predicted octanol–water partition coefficient (Wildman–Crippen LogP) is 2.98. The Hall–Kier alpha value is -0.0900. The van der Waals surface area contributed by atoms with Crippen LogP contribution < -0.4 is 45.7 Å². The Balaban J connectivity index is 0.0000125. The summed E-state index contributed by atoms with van der Waals surface area (Å²) < 4.78 is 47.9. The van der Waals surface area contributed by atoms with Crippen LogP contribution in [0, 0.1) is 5.82 Å². The molecule has 1 fully saturated rings. The fourth-order valence-electron chi connectivity index (χ4n) is 5.79. The Labute approximate surface area is 323 Å². The average Bonchev–Trinajstić information content (AvgIpc) is 3.35. The molecular formula is C34H61FN2NaO10PS. The van der Waals surface area contributed by atoms with E-state index in [0.29, 0.717) is 29.0 Å². The molecule has 3 N–H and O–H groups in total. The van der Waals surface area contributed by atoms with E-state index >= 15 is 0 Å². The van der Waals surface area contributed by atoms with Gasteiger partial charge < -0.3 is 33.6 Å². The Morgan fingerprint density at radius 2 is 1.50 bits per heavy atom. The Morgan fingerprint density at radius 3 is 2.12 bits per heavy atom. The van der Waals surface area contributed by atoms with Crippen molar-refractivity contribution >= 4 is 19.6 Å². The molecule has 50 heavy (non-hydrogen) atoms. The molecule has 0 radical (unpaired) electrons. The second-order valence-electron chi connectivity index (χ2n) is 13.0. The molecular weight excluding hydrogens is 701 g/mol. The minimum atomic E-state index is -4.81. The molecule has 0 bridgehead atoms. The normalized spacial score (nSPS) is 21.5. The predicted molar refractivity (Wildman–Crippen MR) is 188 cm³/mol. The van der Waals surface area contributed by atoms with Crippen molar-refractivity contribution in [2.45, 2.75) is 166 Å². The summed E-state index contributed by atoms with van der Waals surface area (Å²) in [6.45, 7) is 5.96. The van der Waals surface area contributed by atoms with Gasteiger partial charge in [-0.15, -0.1) is 0 Å². The molecule has 1 aliphatic rings. The molecule has 0 saturated carbocycles. The van der Waals surface area contributed by atoms with E-state index in [9.17, 15) is 33.7 Å². The van der Waals surface area contributed by atoms with Crippen LogP contribution in [0.15, 0.2) is 15.8 Å². The van der Waals surface area contributed by atoms with E-state index in [0.717, 1.165) is 12.2 Å². The second kappa shape index (κ2) is 27.5. The molecule has 2 heterocycles. The number of nitrogens with zero attached hydrogens (tertiary/aromatic N) is 1. The molecule has 1 aromatic rings. The molecule has 2 rings (SSSR count). The number of aliphatic hydroxyl groups excluding tert-OH is 2. The van der Waals surface area contributed by atoms with E-state index in [2.05, 4.69) is 20.8 Å². The van der Waals surface area contributed by atoms with Crippen molar-refractivity contribution in [2.75, 3.05) is 25.6 Å². The third-order valence-electron chi connectivity index (χ3n) is 8.80. The van der Waals surface area contributed by atoms with Crippen LogP contribution in [0.1, 0.15) is 136 Å². The average molecular weight is 763 g/mol. The number of hydrogen-bond donors (Lipinski definition) is 3. The van der Waals surface area contributed by atoms with Crippen molar-refractivity contribution in [3.63, 3.8) is 0 Å². The van der Waals surface area contributed by atoms with E-state index in [-0.39, 0.29) is 42.3 Å². The molecule has 0 spiro atoms. The summed E-state index contributed by atoms with van der Waals surface area (Å²) in [7, 11) is -4.81. The van der Waals surface area contributed by atoms with Gasteiger partial charge in [-0.3, -0.25) is 18.9 Å². The van der Waals surface area contributed by atoms with Gasteiger partial charge >= 0.3 is 35.2 Å². The monoisotopic (exact) mass is 762 g/mol. The summed E-state index contributed by atoms with van der Waals surface area (Å²) in [6, 6.07) is 0. The first kappa shape index (κ1) is 47.9. The van der Waals surface area contributed by atoms with Crippen LogP contribution >= 0.6 is 19.6 Å². The van der Waals surface area contributed by atoms with E-state index in [1.54, 1.807) is 4.98 Å². The number of H-pyrrole nitrogens is 1. The summed E-state index contributed by atoms with van der Waals surface area (Å²) >= 11 is 1.98. The molecule has 7 atom stereocenters. The van der Waals surface area contributed by atoms with E-state index in [1.165, 1.54) is 96.3 Å². The van der Waals surface area contributed by atoms with Crippen molar-refractivity contribution in [1.82, 2.24) is 9.55 Å². The maximum absolute atomic E-state index is 13.7. The van der Waals surface area contributed by atoms with Crippen molar-refractivity contribution < 1.29 is 72.1 Å². The number of unbranched alkanes of at least 4 members (excludes halogenated alkanes) is 13. The third kappa shape index (κ3) is 18.8. The van der Waals surface area contributed by atoms with Crippen LogP contribution in [-0.4, -0.2) is 75.0 Å². The fraction of sp³-hybridized carbons (Fsp3) is 0.882. The maximum atomic E-state index is 13.7. The molecule has 16 heteroatoms. The van der Waals surface area contributed by atoms with Gasteiger partial charge in [-0.1, -0.05) is 104 Å². The first-order chi connectivity index (χ1) is 23.5. The summed E-state index contributed by atoms with van der Waals surface area (Å²) in [5, 5.41) is 21.0. The van der Waals surface area contributed by atoms with Crippen LogP contribution in [0.3, 0.4) is 0 Å². The molecule has 3 unspecified atom stereocenters. The van der Waals surface area contributed by atoms with Crippen LogP contribution in [0.5, 0.6) is 0 Å². The molecule has 1 saturated heterocycles. The molecule has 0 aliphatic carbocycles. The van der Waals surface area contributed by atoms with Gasteiger partial charge in [0.15, 0.2) is 6.23 Å². The summed E-state index contributed by atoms with van der Waals surface area (Å²) in [5.41, 5.74) is -2.33. The summed E-state index contributed by atoms with van der Waals surface area (Å²) in [6.07, 6.45) is 14.8. The van der Waals surface area contributed by atoms with Gasteiger partial charge in [0.1, 0.15) is 18.3 Å². The first-order valence-corrected chi connectivity index (χ1v) is 20.9. The van der Waals surface area contributed by atoms with Gasteiger partial charge in [-0.25, -0.2) is 4.79 Å². The molecule has 12 nitrogen and oxygen atoms in total. The number of phosphoric ester groups is 1. The largest absolute Gasteiger partial charge is 1.00 e. The molecule has 1 aromatic heterocycles. The van der Waals surface area contributed by atoms with Gasteiger partial charge in [0, 0.05) is 11.9 Å². The van der Waals surface area contributed by atoms with Crippen LogP contribution in [0.4, 0.5) is 4.39 Å². The molecule has 286 valence electrons. The zero-order valence-electron chi connectivity index (χ0n) is 30.7. The zero-order chi connectivity index (χ0) is 36.1. The minimum Gasteiger partial charge on any atom is -0.756 e. The summed E-state index contributed by atoms with van der Waals surface area (Å²) in [4.78, 5) is 37.4. The SMILES string of the molecule is CCCCCCCCCCCCSC(CCCCCCC)C(C)OCCCOP(=O)([O-])OC[C@H]1O[C@@H](n2cc(F)c(=O)[nH]c2=O)[C@H](O)[C@@H]1O.[Na+]. The van der Waals surface area contributed by atoms with Gasteiger partial charge in [-0.2, -0.15) is 16.2 Å². The van der Waals surface area contributed by atoms with Gasteiger partial charge in [0.05, 0.1) is 25.5 Å². The number of aliphatic hydroxyl groups is 2. The maximum Gasteiger partial charge on any atom is 1.00 e. The molecule has 1 aliphatic heterocycles. The van der Waals surface area contributed by atoms with Crippen molar-refractivity contribution in [3.05, 3.63) is 32.9 Å². The standard InChI is InChI=1S/C34H62FN2O10PS.Na/c1-4-6-8-10-11-12-13-14-16-18-23-49-29(20-17-15-9-7-5-2)26(3)44-21-19-22-45-48(42,43)46-25-28-30(38)31(39)33(47-28)37-24-27(35)32(40)36-34(37)41;/h24,26,28-31,33,38-39H,4-23,25H2,1-3H3,(H,42,43)(H,36,40,41);/q;+1/p-1/t26?,28-,29?,30-,31-,33-;/m1./s1. The van der Waals surface area contributed by atoms with Crippen LogP contribution in [0.2, 0.25) is 0 Å². The van der Waals surface area contributed by atoms with Crippen molar-refractivity contribution in [3.8, 4) is 0 Å². The van der Waals surface area contributed by atoms with Crippen molar-refractivity contribution in [1.29, 1.82) is 0 Å². The van der Waals surface area contributed by atoms with E-state index in [4.69, 9.17) is 18.5 Å². The second-order valence-corrected chi connectivity index (χ2v) is 15.7. The van der Waals surface area contributed by atoms with Crippen LogP contribution in [-0.2, 0) is 23.1 Å². The van der Waals surface area contributed by atoms with Gasteiger partial charge in [-0.05, 0) is 31.9 Å². The Kier molecular flexibility index (Phi) is 26.3. The minimum absolute atomic E-state index is 0. The van der Waals surface area contributed by atoms with Gasteiger partial charge in [0.25, 0.3) is 13.4 Å². The first-order valence-electron chi connectivity index (χ1n) is 18.4. The third-order valence-corrected chi connectivity index (χ3v) is 11.3. The van der Waals surface area contributed by atoms with Crippen LogP contribution in [0.25, 0.3) is 0 Å².